The van der Waals surface area contributed by atoms with Crippen molar-refractivity contribution in [2.75, 3.05) is 26.5 Å². The fourth-order valence-corrected chi connectivity index (χ4v) is 3.01. The summed E-state index contributed by atoms with van der Waals surface area (Å²) in [6.45, 7) is 7.77. The van der Waals surface area contributed by atoms with E-state index in [1.54, 1.807) is 26.0 Å². The van der Waals surface area contributed by atoms with E-state index in [0.29, 0.717) is 0 Å². The minimum absolute atomic E-state index is 0.0921. The smallest absolute Gasteiger partial charge is 0.335 e. The molecular weight excluding hydrogens is 267 g/mol. The number of hydrogen-bond acceptors (Lipinski definition) is 5. The number of esters is 1. The lowest BCUT2D eigenvalue weighted by Gasteiger charge is -2.17. The van der Waals surface area contributed by atoms with Crippen molar-refractivity contribution in [2.45, 2.75) is 27.7 Å². The second kappa shape index (κ2) is 9.08. The van der Waals surface area contributed by atoms with Crippen LogP contribution in [0.3, 0.4) is 0 Å². The molecule has 0 bridgehead atoms. The minimum atomic E-state index is -3.30. The van der Waals surface area contributed by atoms with Crippen LogP contribution in [0.5, 0.6) is 0 Å². The Labute approximate surface area is 115 Å². The zero-order valence-electron chi connectivity index (χ0n) is 12.3. The van der Waals surface area contributed by atoms with Crippen LogP contribution in [0.15, 0.2) is 23.3 Å². The van der Waals surface area contributed by atoms with Crippen molar-refractivity contribution in [3.63, 3.8) is 0 Å². The molecular formula is C13H23O5P. The summed E-state index contributed by atoms with van der Waals surface area (Å²) in [5.41, 5.74) is 1.29. The Morgan fingerprint density at radius 3 is 2.00 bits per heavy atom. The summed E-state index contributed by atoms with van der Waals surface area (Å²) in [5, 5.41) is 0. The molecule has 0 rings (SSSR count). The summed E-state index contributed by atoms with van der Waals surface area (Å²) in [6.07, 6.45) is 3.26. The highest BCUT2D eigenvalue weighted by atomic mass is 31.2. The van der Waals surface area contributed by atoms with Crippen LogP contribution in [-0.2, 0) is 23.1 Å². The normalized spacial score (nSPS) is 12.2. The summed E-state index contributed by atoms with van der Waals surface area (Å²) in [4.78, 5) is 11.7. The van der Waals surface area contributed by atoms with E-state index >= 15 is 0 Å². The number of allylic oxidation sites excluding steroid dienone is 3. The van der Waals surface area contributed by atoms with E-state index in [1.165, 1.54) is 7.11 Å². The van der Waals surface area contributed by atoms with Crippen molar-refractivity contribution < 1.29 is 23.1 Å². The zero-order valence-corrected chi connectivity index (χ0v) is 13.2. The molecule has 110 valence electrons. The van der Waals surface area contributed by atoms with E-state index < -0.39 is 13.6 Å². The van der Waals surface area contributed by atoms with E-state index in [-0.39, 0.29) is 24.9 Å². The first-order chi connectivity index (χ1) is 8.88. The Kier molecular flexibility index (Phi) is 8.65. The monoisotopic (exact) mass is 290 g/mol. The van der Waals surface area contributed by atoms with E-state index in [2.05, 4.69) is 4.74 Å². The first-order valence-corrected chi connectivity index (χ1v) is 7.91. The van der Waals surface area contributed by atoms with Gasteiger partial charge in [0.2, 0.25) is 0 Å². The first kappa shape index (κ1) is 18.1. The topological polar surface area (TPSA) is 61.8 Å². The standard InChI is InChI=1S/C13H23O5P/c1-6-17-19(15,18-7-2)10-12(13(14)16-5)9-8-11(3)4/h8-9H,6-7,10H2,1-5H3/b12-9+. The second-order valence-electron chi connectivity index (χ2n) is 4.03. The molecule has 5 nitrogen and oxygen atoms in total. The summed E-state index contributed by atoms with van der Waals surface area (Å²) in [5.74, 6) is -0.530. The summed E-state index contributed by atoms with van der Waals surface area (Å²) in [6, 6.07) is 0. The van der Waals surface area contributed by atoms with Crippen molar-refractivity contribution in [1.82, 2.24) is 0 Å². The quantitative estimate of drug-likeness (QED) is 0.297. The Morgan fingerprint density at radius 2 is 1.63 bits per heavy atom. The van der Waals surface area contributed by atoms with Gasteiger partial charge in [-0.3, -0.25) is 4.57 Å². The van der Waals surface area contributed by atoms with Crippen molar-refractivity contribution >= 4 is 13.6 Å². The van der Waals surface area contributed by atoms with E-state index in [0.717, 1.165) is 5.57 Å². The van der Waals surface area contributed by atoms with Gasteiger partial charge < -0.3 is 13.8 Å². The molecule has 0 unspecified atom stereocenters. The molecule has 6 heteroatoms. The molecule has 0 N–H and O–H groups in total. The van der Waals surface area contributed by atoms with Crippen LogP contribution in [0, 0.1) is 0 Å². The van der Waals surface area contributed by atoms with Crippen molar-refractivity contribution in [3.8, 4) is 0 Å². The van der Waals surface area contributed by atoms with Gasteiger partial charge in [-0.2, -0.15) is 0 Å². The average Bonchev–Trinajstić information content (AvgIpc) is 2.34. The molecule has 0 heterocycles. The maximum Gasteiger partial charge on any atom is 0.335 e. The Bertz CT molecular complexity index is 384. The second-order valence-corrected chi connectivity index (χ2v) is 6.09. The Morgan fingerprint density at radius 1 is 1.11 bits per heavy atom. The summed E-state index contributed by atoms with van der Waals surface area (Å²) in [7, 11) is -2.02. The fourth-order valence-electron chi connectivity index (χ4n) is 1.31. The molecule has 0 saturated carbocycles. The zero-order chi connectivity index (χ0) is 14.9. The van der Waals surface area contributed by atoms with Crippen molar-refractivity contribution in [1.29, 1.82) is 0 Å². The van der Waals surface area contributed by atoms with Gasteiger partial charge in [0, 0.05) is 5.57 Å². The summed E-state index contributed by atoms with van der Waals surface area (Å²) >= 11 is 0. The molecule has 0 aromatic heterocycles. The van der Waals surface area contributed by atoms with Gasteiger partial charge in [-0.15, -0.1) is 0 Å². The third kappa shape index (κ3) is 7.31. The highest BCUT2D eigenvalue weighted by Gasteiger charge is 2.28. The van der Waals surface area contributed by atoms with Gasteiger partial charge in [0.05, 0.1) is 26.5 Å². The summed E-state index contributed by atoms with van der Waals surface area (Å²) < 4.78 is 27.4. The molecule has 0 spiro atoms. The molecule has 0 fully saturated rings. The van der Waals surface area contributed by atoms with Gasteiger partial charge in [0.25, 0.3) is 0 Å². The van der Waals surface area contributed by atoms with Gasteiger partial charge in [0.15, 0.2) is 0 Å². The van der Waals surface area contributed by atoms with Gasteiger partial charge in [-0.05, 0) is 27.7 Å². The Hall–Kier alpha value is -0.900. The molecule has 0 amide bonds. The molecule has 0 radical (unpaired) electrons. The van der Waals surface area contributed by atoms with Crippen molar-refractivity contribution in [2.24, 2.45) is 0 Å². The number of carbonyl (C=O) groups is 1. The van der Waals surface area contributed by atoms with E-state index in [4.69, 9.17) is 9.05 Å². The number of hydrogen-bond donors (Lipinski definition) is 0. The Balaban J connectivity index is 5.18. The number of ether oxygens (including phenoxy) is 1. The lowest BCUT2D eigenvalue weighted by molar-refractivity contribution is -0.136. The lowest BCUT2D eigenvalue weighted by Crippen LogP contribution is -2.11. The average molecular weight is 290 g/mol. The van der Waals surface area contributed by atoms with Gasteiger partial charge >= 0.3 is 13.6 Å². The van der Waals surface area contributed by atoms with Crippen LogP contribution in [-0.4, -0.2) is 32.5 Å². The highest BCUT2D eigenvalue weighted by molar-refractivity contribution is 7.54. The number of carbonyl (C=O) groups excluding carboxylic acids is 1. The molecule has 0 aromatic rings. The number of rotatable bonds is 8. The molecule has 0 saturated heterocycles. The molecule has 0 aliphatic rings. The van der Waals surface area contributed by atoms with Gasteiger partial charge in [-0.1, -0.05) is 17.7 Å². The van der Waals surface area contributed by atoms with Crippen LogP contribution >= 0.6 is 7.60 Å². The van der Waals surface area contributed by atoms with Crippen LogP contribution < -0.4 is 0 Å². The minimum Gasteiger partial charge on any atom is -0.466 e. The van der Waals surface area contributed by atoms with Crippen molar-refractivity contribution in [3.05, 3.63) is 23.3 Å². The van der Waals surface area contributed by atoms with Crippen LogP contribution in [0.25, 0.3) is 0 Å². The van der Waals surface area contributed by atoms with Crippen LogP contribution in [0.1, 0.15) is 27.7 Å². The third-order valence-corrected chi connectivity index (χ3v) is 4.11. The molecule has 0 aromatic carbocycles. The molecule has 0 aliphatic heterocycles. The lowest BCUT2D eigenvalue weighted by atomic mass is 10.2. The number of methoxy groups -OCH3 is 1. The maximum atomic E-state index is 12.4. The van der Waals surface area contributed by atoms with Gasteiger partial charge in [-0.25, -0.2) is 4.79 Å². The molecule has 0 aliphatic carbocycles. The highest BCUT2D eigenvalue weighted by Crippen LogP contribution is 2.49. The van der Waals surface area contributed by atoms with Crippen LogP contribution in [0.4, 0.5) is 0 Å². The molecule has 19 heavy (non-hydrogen) atoms. The predicted molar refractivity (Wildman–Crippen MR) is 75.3 cm³/mol. The third-order valence-electron chi connectivity index (χ3n) is 2.08. The largest absolute Gasteiger partial charge is 0.466 e. The van der Waals surface area contributed by atoms with E-state index in [1.807, 2.05) is 13.8 Å². The first-order valence-electron chi connectivity index (χ1n) is 6.19. The van der Waals surface area contributed by atoms with E-state index in [9.17, 15) is 9.36 Å². The van der Waals surface area contributed by atoms with Crippen LogP contribution in [0.2, 0.25) is 0 Å². The SMILES string of the molecule is CCOP(=O)(C/C(=C\C=C(C)C)C(=O)OC)OCC. The molecule has 0 atom stereocenters. The predicted octanol–water partition coefficient (Wildman–Crippen LogP) is 3.32. The maximum absolute atomic E-state index is 12.4. The fraction of sp³-hybridized carbons (Fsp3) is 0.615. The van der Waals surface area contributed by atoms with Gasteiger partial charge in [0.1, 0.15) is 0 Å².